The highest BCUT2D eigenvalue weighted by atomic mass is 32.1. The monoisotopic (exact) mass is 526 g/mol. The van der Waals surface area contributed by atoms with Gasteiger partial charge in [-0.1, -0.05) is 18.2 Å². The number of anilines is 1. The summed E-state index contributed by atoms with van der Waals surface area (Å²) in [6.07, 6.45) is 1.01. The molecule has 1 saturated heterocycles. The van der Waals surface area contributed by atoms with Crippen molar-refractivity contribution < 1.29 is 13.5 Å². The van der Waals surface area contributed by atoms with Crippen molar-refractivity contribution in [1.29, 1.82) is 0 Å². The van der Waals surface area contributed by atoms with Crippen LogP contribution in [0.1, 0.15) is 30.0 Å². The van der Waals surface area contributed by atoms with Gasteiger partial charge in [-0.05, 0) is 62.3 Å². The summed E-state index contributed by atoms with van der Waals surface area (Å²) in [7, 11) is 3.80. The van der Waals surface area contributed by atoms with Crippen molar-refractivity contribution in [2.45, 2.75) is 32.0 Å². The highest BCUT2D eigenvalue weighted by molar-refractivity contribution is 7.22. The van der Waals surface area contributed by atoms with Gasteiger partial charge in [-0.15, -0.1) is 11.3 Å². The van der Waals surface area contributed by atoms with Crippen LogP contribution in [0.2, 0.25) is 0 Å². The van der Waals surface area contributed by atoms with Crippen molar-refractivity contribution in [3.63, 3.8) is 0 Å². The Balaban J connectivity index is 1.85. The molecule has 0 atom stereocenters. The molecule has 5 rings (SSSR count). The number of hydrogen-bond acceptors (Lipinski definition) is 6. The molecule has 10 heteroatoms. The first kappa shape index (κ1) is 25.3. The molecule has 0 aliphatic carbocycles. The second-order valence-corrected chi connectivity index (χ2v) is 10.5. The second kappa shape index (κ2) is 10.2. The highest BCUT2D eigenvalue weighted by Gasteiger charge is 2.28. The van der Waals surface area contributed by atoms with Gasteiger partial charge in [-0.25, -0.2) is 13.6 Å². The smallest absolute Gasteiger partial charge is 0.332 e. The Hall–Kier alpha value is -3.34. The maximum atomic E-state index is 14.7. The molecule has 2 aromatic heterocycles. The predicted octanol–water partition coefficient (Wildman–Crippen LogP) is 4.21. The standard InChI is InChI=1S/C27H28F2N4O3S/c1-31(2)14-20-23-25(34)33(18-10-12-36-13-11-18)27(35)32(15-19-21(28)4-3-5-22(19)29)26(23)37-24(20)16-6-8-17(30)9-7-16/h3-9,18H,10-15,30H2,1-2H3. The zero-order valence-corrected chi connectivity index (χ0v) is 21.5. The third-order valence-electron chi connectivity index (χ3n) is 6.68. The topological polar surface area (TPSA) is 82.5 Å². The number of halogens is 2. The van der Waals surface area contributed by atoms with Gasteiger partial charge in [-0.3, -0.25) is 13.9 Å². The van der Waals surface area contributed by atoms with Crippen molar-refractivity contribution in [2.24, 2.45) is 0 Å². The summed E-state index contributed by atoms with van der Waals surface area (Å²) in [5.41, 5.74) is 6.94. The zero-order valence-electron chi connectivity index (χ0n) is 20.7. The van der Waals surface area contributed by atoms with Crippen molar-refractivity contribution in [3.05, 3.63) is 86.1 Å². The molecule has 0 unspecified atom stereocenters. The number of nitrogens with two attached hydrogens (primary N) is 1. The number of nitrogens with zero attached hydrogens (tertiary/aromatic N) is 3. The summed E-state index contributed by atoms with van der Waals surface area (Å²) in [4.78, 5) is 31.0. The summed E-state index contributed by atoms with van der Waals surface area (Å²) >= 11 is 1.28. The fourth-order valence-electron chi connectivity index (χ4n) is 4.87. The van der Waals surface area contributed by atoms with E-state index in [1.54, 1.807) is 12.1 Å². The number of fused-ring (bicyclic) bond motifs is 1. The van der Waals surface area contributed by atoms with Gasteiger partial charge in [0.15, 0.2) is 0 Å². The van der Waals surface area contributed by atoms with Crippen LogP contribution in [0.15, 0.2) is 52.1 Å². The lowest BCUT2D eigenvalue weighted by Crippen LogP contribution is -2.44. The van der Waals surface area contributed by atoms with Crippen LogP contribution in [0, 0.1) is 11.6 Å². The van der Waals surface area contributed by atoms with Crippen LogP contribution >= 0.6 is 11.3 Å². The van der Waals surface area contributed by atoms with E-state index < -0.39 is 17.3 Å². The molecule has 37 heavy (non-hydrogen) atoms. The van der Waals surface area contributed by atoms with E-state index in [2.05, 4.69) is 0 Å². The maximum Gasteiger partial charge on any atom is 0.332 e. The summed E-state index contributed by atoms with van der Waals surface area (Å²) in [5, 5.41) is 0.397. The van der Waals surface area contributed by atoms with Crippen LogP contribution in [0.25, 0.3) is 20.7 Å². The Kier molecular flexibility index (Phi) is 6.98. The number of nitrogen functional groups attached to an aromatic ring is 1. The molecule has 1 fully saturated rings. The third-order valence-corrected chi connectivity index (χ3v) is 7.99. The number of hydrogen-bond donors (Lipinski definition) is 1. The SMILES string of the molecule is CN(C)Cc1c(-c2ccc(N)cc2)sc2c1c(=O)n(C1CCOCC1)c(=O)n2Cc1c(F)cccc1F. The second-order valence-electron chi connectivity index (χ2n) is 9.54. The van der Waals surface area contributed by atoms with Gasteiger partial charge in [0.1, 0.15) is 16.5 Å². The predicted molar refractivity (Wildman–Crippen MR) is 142 cm³/mol. The van der Waals surface area contributed by atoms with E-state index in [1.807, 2.05) is 31.1 Å². The van der Waals surface area contributed by atoms with Gasteiger partial charge < -0.3 is 15.4 Å². The highest BCUT2D eigenvalue weighted by Crippen LogP contribution is 2.38. The van der Waals surface area contributed by atoms with Crippen LogP contribution in [0.3, 0.4) is 0 Å². The molecule has 1 aliphatic heterocycles. The molecule has 4 aromatic rings. The number of aromatic nitrogens is 2. The molecule has 194 valence electrons. The molecule has 0 spiro atoms. The Morgan fingerprint density at radius 3 is 2.30 bits per heavy atom. The van der Waals surface area contributed by atoms with Crippen LogP contribution in [0.4, 0.5) is 14.5 Å². The van der Waals surface area contributed by atoms with E-state index in [1.165, 1.54) is 38.7 Å². The van der Waals surface area contributed by atoms with Gasteiger partial charge in [0.25, 0.3) is 5.56 Å². The van der Waals surface area contributed by atoms with Crippen LogP contribution in [-0.2, 0) is 17.8 Å². The Morgan fingerprint density at radius 2 is 1.68 bits per heavy atom. The lowest BCUT2D eigenvalue weighted by molar-refractivity contribution is 0.0672. The van der Waals surface area contributed by atoms with Crippen molar-refractivity contribution in [1.82, 2.24) is 14.0 Å². The minimum atomic E-state index is -0.743. The fourth-order valence-corrected chi connectivity index (χ4v) is 6.17. The summed E-state index contributed by atoms with van der Waals surface area (Å²) < 4.78 is 37.5. The van der Waals surface area contributed by atoms with Gasteiger partial charge in [0, 0.05) is 41.9 Å². The van der Waals surface area contributed by atoms with E-state index in [-0.39, 0.29) is 23.7 Å². The van der Waals surface area contributed by atoms with E-state index in [0.717, 1.165) is 16.0 Å². The summed E-state index contributed by atoms with van der Waals surface area (Å²) in [6.45, 7) is 0.970. The van der Waals surface area contributed by atoms with Crippen molar-refractivity contribution >= 4 is 27.2 Å². The summed E-state index contributed by atoms with van der Waals surface area (Å²) in [6, 6.07) is 10.6. The molecular weight excluding hydrogens is 498 g/mol. The molecule has 2 N–H and O–H groups in total. The molecule has 2 aromatic carbocycles. The van der Waals surface area contributed by atoms with E-state index in [0.29, 0.717) is 48.5 Å². The quantitative estimate of drug-likeness (QED) is 0.381. The molecule has 0 saturated carbocycles. The molecule has 3 heterocycles. The number of benzene rings is 2. The molecular formula is C27H28F2N4O3S. The molecule has 1 aliphatic rings. The average molecular weight is 527 g/mol. The van der Waals surface area contributed by atoms with Crippen LogP contribution in [-0.4, -0.2) is 41.3 Å². The van der Waals surface area contributed by atoms with Crippen LogP contribution < -0.4 is 17.0 Å². The lowest BCUT2D eigenvalue weighted by Gasteiger charge is -2.25. The Morgan fingerprint density at radius 1 is 1.03 bits per heavy atom. The number of rotatable bonds is 6. The normalized spacial score (nSPS) is 14.6. The zero-order chi connectivity index (χ0) is 26.3. The van der Waals surface area contributed by atoms with Crippen LogP contribution in [0.5, 0.6) is 0 Å². The third kappa shape index (κ3) is 4.72. The first-order valence-electron chi connectivity index (χ1n) is 12.1. The minimum Gasteiger partial charge on any atom is -0.399 e. The first-order chi connectivity index (χ1) is 17.8. The van der Waals surface area contributed by atoms with Gasteiger partial charge in [0.05, 0.1) is 11.9 Å². The number of ether oxygens (including phenoxy) is 1. The van der Waals surface area contributed by atoms with Gasteiger partial charge in [0.2, 0.25) is 0 Å². The van der Waals surface area contributed by atoms with E-state index >= 15 is 0 Å². The number of thiophene rings is 1. The lowest BCUT2D eigenvalue weighted by atomic mass is 10.1. The summed E-state index contributed by atoms with van der Waals surface area (Å²) in [5.74, 6) is -1.49. The fraction of sp³-hybridized carbons (Fsp3) is 0.333. The molecule has 7 nitrogen and oxygen atoms in total. The maximum absolute atomic E-state index is 14.7. The average Bonchev–Trinajstić information content (AvgIpc) is 3.23. The van der Waals surface area contributed by atoms with E-state index in [9.17, 15) is 18.4 Å². The Bertz CT molecular complexity index is 1550. The minimum absolute atomic E-state index is 0.223. The van der Waals surface area contributed by atoms with E-state index in [4.69, 9.17) is 10.5 Å². The Labute approximate surface area is 216 Å². The largest absolute Gasteiger partial charge is 0.399 e. The van der Waals surface area contributed by atoms with Crippen molar-refractivity contribution in [3.8, 4) is 10.4 Å². The van der Waals surface area contributed by atoms with Crippen molar-refractivity contribution in [2.75, 3.05) is 33.0 Å². The van der Waals surface area contributed by atoms with Gasteiger partial charge in [-0.2, -0.15) is 0 Å². The first-order valence-corrected chi connectivity index (χ1v) is 12.9. The van der Waals surface area contributed by atoms with Gasteiger partial charge >= 0.3 is 5.69 Å². The molecule has 0 amide bonds. The molecule has 0 radical (unpaired) electrons. The molecule has 0 bridgehead atoms.